The zero-order valence-corrected chi connectivity index (χ0v) is 21.7. The van der Waals surface area contributed by atoms with Crippen LogP contribution in [0.2, 0.25) is 0 Å². The number of nitrogens with zero attached hydrogens (tertiary/aromatic N) is 1. The van der Waals surface area contributed by atoms with Crippen LogP contribution in [-0.2, 0) is 16.4 Å². The molecule has 0 bridgehead atoms. The number of hydrogen-bond donors (Lipinski definition) is 3. The Bertz CT molecular complexity index is 1380. The monoisotopic (exact) mass is 539 g/mol. The van der Waals surface area contributed by atoms with E-state index in [0.717, 1.165) is 19.0 Å². The van der Waals surface area contributed by atoms with Crippen molar-refractivity contribution >= 4 is 27.8 Å². The number of rotatable bonds is 13. The Morgan fingerprint density at radius 1 is 0.947 bits per heavy atom. The van der Waals surface area contributed by atoms with Crippen molar-refractivity contribution in [2.24, 2.45) is 0 Å². The first kappa shape index (κ1) is 28.3. The van der Waals surface area contributed by atoms with Crippen molar-refractivity contribution in [1.82, 2.24) is 15.0 Å². The highest BCUT2D eigenvalue weighted by Gasteiger charge is 2.21. The molecule has 0 radical (unpaired) electrons. The van der Waals surface area contributed by atoms with Gasteiger partial charge in [-0.05, 0) is 60.9 Å². The van der Waals surface area contributed by atoms with Gasteiger partial charge >= 0.3 is 5.97 Å². The smallest absolute Gasteiger partial charge is 0.354 e. The van der Waals surface area contributed by atoms with Crippen molar-refractivity contribution < 1.29 is 32.6 Å². The second kappa shape index (κ2) is 13.3. The summed E-state index contributed by atoms with van der Waals surface area (Å²) in [5, 5.41) is 12.0. The van der Waals surface area contributed by atoms with Crippen LogP contribution < -0.4 is 14.8 Å². The minimum atomic E-state index is -4.26. The molecule has 0 fully saturated rings. The largest absolute Gasteiger partial charge is 0.492 e. The molecule has 2 amide bonds. The molecule has 0 aliphatic carbocycles. The fourth-order valence-electron chi connectivity index (χ4n) is 3.56. The van der Waals surface area contributed by atoms with Crippen molar-refractivity contribution in [1.29, 1.82) is 0 Å². The number of amides is 2. The first-order chi connectivity index (χ1) is 18.2. The number of aryl methyl sites for hydroxylation is 1. The second-order valence-corrected chi connectivity index (χ2v) is 10.1. The van der Waals surface area contributed by atoms with Gasteiger partial charge in [0.15, 0.2) is 5.69 Å². The van der Waals surface area contributed by atoms with Gasteiger partial charge in [0.05, 0.1) is 17.0 Å². The van der Waals surface area contributed by atoms with Gasteiger partial charge < -0.3 is 15.2 Å². The quantitative estimate of drug-likeness (QED) is 0.279. The standard InChI is InChI=1S/C27H29N3O7S/c1-2-3-5-8-20-17-21(18-29-24(20)27(33)34)26(32)30-38(35,36)23-13-11-19(12-14-23)25(31)28-15-16-37-22-9-6-4-7-10-22/h4,6-7,9-14,17-18H,2-3,5,8,15-16H2,1H3,(H,28,31)(H,30,32)(H,33,34). The molecular formula is C27H29N3O7S. The lowest BCUT2D eigenvalue weighted by atomic mass is 10.0. The molecule has 0 saturated heterocycles. The van der Waals surface area contributed by atoms with Crippen molar-refractivity contribution in [3.05, 3.63) is 89.2 Å². The molecule has 10 nitrogen and oxygen atoms in total. The molecule has 0 unspecified atom stereocenters. The van der Waals surface area contributed by atoms with Gasteiger partial charge in [-0.15, -0.1) is 0 Å². The first-order valence-corrected chi connectivity index (χ1v) is 13.5. The normalized spacial score (nSPS) is 11.0. The molecule has 2 aromatic carbocycles. The Morgan fingerprint density at radius 2 is 1.66 bits per heavy atom. The molecule has 0 atom stereocenters. The molecule has 38 heavy (non-hydrogen) atoms. The summed E-state index contributed by atoms with van der Waals surface area (Å²) < 4.78 is 33.0. The van der Waals surface area contributed by atoms with E-state index in [0.29, 0.717) is 24.2 Å². The second-order valence-electron chi connectivity index (χ2n) is 8.37. The van der Waals surface area contributed by atoms with Crippen molar-refractivity contribution in [2.75, 3.05) is 13.2 Å². The summed E-state index contributed by atoms with van der Waals surface area (Å²) in [7, 11) is -4.26. The third-order valence-electron chi connectivity index (χ3n) is 5.53. The molecule has 0 spiro atoms. The van der Waals surface area contributed by atoms with E-state index in [4.69, 9.17) is 4.74 Å². The number of unbranched alkanes of at least 4 members (excludes halogenated alkanes) is 2. The lowest BCUT2D eigenvalue weighted by molar-refractivity contribution is 0.0688. The van der Waals surface area contributed by atoms with Crippen LogP contribution in [0.15, 0.2) is 71.8 Å². The lowest BCUT2D eigenvalue weighted by Gasteiger charge is -2.11. The van der Waals surface area contributed by atoms with E-state index in [1.807, 2.05) is 29.8 Å². The number of carboxylic acids is 1. The summed E-state index contributed by atoms with van der Waals surface area (Å²) in [4.78, 5) is 40.1. The molecule has 3 aromatic rings. The minimum Gasteiger partial charge on any atom is -0.492 e. The van der Waals surface area contributed by atoms with Crippen molar-refractivity contribution in [3.63, 3.8) is 0 Å². The summed E-state index contributed by atoms with van der Waals surface area (Å²) >= 11 is 0. The Balaban J connectivity index is 1.61. The number of aromatic nitrogens is 1. The predicted molar refractivity (Wildman–Crippen MR) is 140 cm³/mol. The van der Waals surface area contributed by atoms with Crippen LogP contribution in [-0.4, -0.2) is 49.4 Å². The zero-order valence-electron chi connectivity index (χ0n) is 20.8. The van der Waals surface area contributed by atoms with E-state index in [1.165, 1.54) is 30.3 Å². The van der Waals surface area contributed by atoms with Gasteiger partial charge in [0, 0.05) is 11.8 Å². The fourth-order valence-corrected chi connectivity index (χ4v) is 4.53. The lowest BCUT2D eigenvalue weighted by Crippen LogP contribution is -2.31. The molecule has 0 aliphatic rings. The average molecular weight is 540 g/mol. The molecule has 1 aromatic heterocycles. The van der Waals surface area contributed by atoms with Gasteiger partial charge in [0.1, 0.15) is 12.4 Å². The minimum absolute atomic E-state index is 0.0706. The van der Waals surface area contributed by atoms with E-state index >= 15 is 0 Å². The summed E-state index contributed by atoms with van der Waals surface area (Å²) in [6.45, 7) is 2.52. The number of sulfonamides is 1. The van der Waals surface area contributed by atoms with E-state index in [-0.39, 0.29) is 34.9 Å². The Labute approximate surface area is 221 Å². The van der Waals surface area contributed by atoms with Gasteiger partial charge in [-0.25, -0.2) is 22.9 Å². The van der Waals surface area contributed by atoms with Gasteiger partial charge in [0.2, 0.25) is 0 Å². The highest BCUT2D eigenvalue weighted by Crippen LogP contribution is 2.16. The molecular weight excluding hydrogens is 510 g/mol. The maximum atomic E-state index is 12.8. The number of hydrogen-bond acceptors (Lipinski definition) is 7. The number of para-hydroxylation sites is 1. The molecule has 1 heterocycles. The van der Waals surface area contributed by atoms with Crippen LogP contribution in [0.25, 0.3) is 0 Å². The van der Waals surface area contributed by atoms with E-state index in [2.05, 4.69) is 10.3 Å². The molecule has 200 valence electrons. The number of benzene rings is 2. The van der Waals surface area contributed by atoms with E-state index < -0.39 is 27.8 Å². The summed E-state index contributed by atoms with van der Waals surface area (Å²) in [5.74, 6) is -1.88. The molecule has 3 rings (SSSR count). The SMILES string of the molecule is CCCCCc1cc(C(=O)NS(=O)(=O)c2ccc(C(=O)NCCOc3ccccc3)cc2)cnc1C(=O)O. The van der Waals surface area contributed by atoms with Crippen LogP contribution >= 0.6 is 0 Å². The fraction of sp³-hybridized carbons (Fsp3) is 0.259. The van der Waals surface area contributed by atoms with Crippen LogP contribution in [0, 0.1) is 0 Å². The average Bonchev–Trinajstić information content (AvgIpc) is 2.91. The predicted octanol–water partition coefficient (Wildman–Crippen LogP) is 3.44. The molecule has 0 saturated carbocycles. The van der Waals surface area contributed by atoms with Gasteiger partial charge in [-0.2, -0.15) is 0 Å². The Morgan fingerprint density at radius 3 is 2.32 bits per heavy atom. The van der Waals surface area contributed by atoms with Crippen LogP contribution in [0.3, 0.4) is 0 Å². The maximum absolute atomic E-state index is 12.8. The number of nitrogens with one attached hydrogen (secondary N) is 2. The van der Waals surface area contributed by atoms with Gasteiger partial charge in [0.25, 0.3) is 21.8 Å². The van der Waals surface area contributed by atoms with Crippen LogP contribution in [0.4, 0.5) is 0 Å². The number of ether oxygens (including phenoxy) is 1. The first-order valence-electron chi connectivity index (χ1n) is 12.1. The number of carbonyl (C=O) groups is 3. The number of carbonyl (C=O) groups excluding carboxylic acids is 2. The van der Waals surface area contributed by atoms with Gasteiger partial charge in [-0.3, -0.25) is 9.59 Å². The molecule has 0 aliphatic heterocycles. The third-order valence-corrected chi connectivity index (χ3v) is 6.88. The van der Waals surface area contributed by atoms with E-state index in [9.17, 15) is 27.9 Å². The Hall–Kier alpha value is -4.25. The molecule has 11 heteroatoms. The Kier molecular flexibility index (Phi) is 9.94. The number of carboxylic acid groups (broad SMARTS) is 1. The van der Waals surface area contributed by atoms with Crippen LogP contribution in [0.1, 0.15) is 63.0 Å². The maximum Gasteiger partial charge on any atom is 0.354 e. The van der Waals surface area contributed by atoms with Crippen LogP contribution in [0.5, 0.6) is 5.75 Å². The van der Waals surface area contributed by atoms with Crippen molar-refractivity contribution in [3.8, 4) is 5.75 Å². The summed E-state index contributed by atoms with van der Waals surface area (Å²) in [6, 6.07) is 15.6. The highest BCUT2D eigenvalue weighted by molar-refractivity contribution is 7.90. The van der Waals surface area contributed by atoms with E-state index in [1.54, 1.807) is 12.1 Å². The number of pyridine rings is 1. The number of aromatic carboxylic acids is 1. The third kappa shape index (κ3) is 7.87. The van der Waals surface area contributed by atoms with Gasteiger partial charge in [-0.1, -0.05) is 38.0 Å². The molecule has 3 N–H and O–H groups in total. The summed E-state index contributed by atoms with van der Waals surface area (Å²) in [6.07, 6.45) is 3.95. The highest BCUT2D eigenvalue weighted by atomic mass is 32.2. The zero-order chi connectivity index (χ0) is 27.5. The van der Waals surface area contributed by atoms with Crippen molar-refractivity contribution in [2.45, 2.75) is 37.5 Å². The summed E-state index contributed by atoms with van der Waals surface area (Å²) in [5.41, 5.74) is 0.362. The topological polar surface area (TPSA) is 152 Å².